The number of nitrogens with two attached hydrogens (primary N) is 1. The average Bonchev–Trinajstić information content (AvgIpc) is 2.93. The van der Waals surface area contributed by atoms with E-state index in [0.717, 1.165) is 38.1 Å². The highest BCUT2D eigenvalue weighted by molar-refractivity contribution is 5.82. The second-order valence-electron chi connectivity index (χ2n) is 6.36. The number of hydrogen-bond donors (Lipinski definition) is 3. The van der Waals surface area contributed by atoms with Crippen LogP contribution in [0.4, 0.5) is 0 Å². The fourth-order valence-corrected chi connectivity index (χ4v) is 4.03. The number of amides is 1. The molecular weight excluding hydrogens is 226 g/mol. The van der Waals surface area contributed by atoms with Crippen LogP contribution in [0.3, 0.4) is 0 Å². The van der Waals surface area contributed by atoms with Crippen molar-refractivity contribution in [2.75, 3.05) is 6.54 Å². The topological polar surface area (TPSA) is 67.1 Å². The minimum Gasteiger partial charge on any atom is -0.352 e. The summed E-state index contributed by atoms with van der Waals surface area (Å²) < 4.78 is 0. The van der Waals surface area contributed by atoms with Gasteiger partial charge in [0.1, 0.15) is 0 Å². The van der Waals surface area contributed by atoms with E-state index in [1.807, 2.05) is 0 Å². The van der Waals surface area contributed by atoms with Gasteiger partial charge in [-0.3, -0.25) is 4.79 Å². The van der Waals surface area contributed by atoms with Gasteiger partial charge in [0.05, 0.1) is 6.04 Å². The van der Waals surface area contributed by atoms with E-state index in [1.165, 1.54) is 19.3 Å². The molecule has 3 atom stereocenters. The zero-order valence-electron chi connectivity index (χ0n) is 11.0. The first kappa shape index (κ1) is 12.4. The highest BCUT2D eigenvalue weighted by Gasteiger charge is 2.42. The predicted octanol–water partition coefficient (Wildman–Crippen LogP) is 0.761. The fourth-order valence-electron chi connectivity index (χ4n) is 4.03. The maximum atomic E-state index is 12.3. The molecule has 0 aromatic heterocycles. The van der Waals surface area contributed by atoms with Gasteiger partial charge in [-0.05, 0) is 56.9 Å². The van der Waals surface area contributed by atoms with Crippen LogP contribution >= 0.6 is 0 Å². The highest BCUT2D eigenvalue weighted by atomic mass is 16.2. The minimum atomic E-state index is 0.0769. The molecule has 1 amide bonds. The van der Waals surface area contributed by atoms with Gasteiger partial charge in [-0.2, -0.15) is 0 Å². The number of fused-ring (bicyclic) bond motifs is 1. The first-order valence-corrected chi connectivity index (χ1v) is 7.53. The van der Waals surface area contributed by atoms with Crippen LogP contribution in [0.25, 0.3) is 0 Å². The lowest BCUT2D eigenvalue weighted by Gasteiger charge is -2.28. The number of carbonyl (C=O) groups excluding carboxylic acids is 1. The smallest absolute Gasteiger partial charge is 0.237 e. The van der Waals surface area contributed by atoms with Gasteiger partial charge in [-0.15, -0.1) is 0 Å². The van der Waals surface area contributed by atoms with E-state index in [0.29, 0.717) is 18.0 Å². The van der Waals surface area contributed by atoms with Crippen molar-refractivity contribution >= 4 is 5.91 Å². The largest absolute Gasteiger partial charge is 0.352 e. The summed E-state index contributed by atoms with van der Waals surface area (Å²) >= 11 is 0. The van der Waals surface area contributed by atoms with Crippen molar-refractivity contribution in [3.05, 3.63) is 0 Å². The molecule has 1 aliphatic heterocycles. The van der Waals surface area contributed by atoms with E-state index in [-0.39, 0.29) is 11.9 Å². The van der Waals surface area contributed by atoms with Gasteiger partial charge in [0.15, 0.2) is 0 Å². The summed E-state index contributed by atoms with van der Waals surface area (Å²) in [6, 6.07) is 0.787. The third-order valence-corrected chi connectivity index (χ3v) is 5.15. The fraction of sp³-hybridized carbons (Fsp3) is 0.929. The summed E-state index contributed by atoms with van der Waals surface area (Å²) in [6.45, 7) is 1.04. The number of carbonyl (C=O) groups is 1. The lowest BCUT2D eigenvalue weighted by atomic mass is 9.90. The van der Waals surface area contributed by atoms with E-state index in [1.54, 1.807) is 0 Å². The van der Waals surface area contributed by atoms with Crippen LogP contribution in [0.2, 0.25) is 0 Å². The average molecular weight is 251 g/mol. The van der Waals surface area contributed by atoms with Crippen LogP contribution in [-0.4, -0.2) is 30.6 Å². The molecule has 1 saturated heterocycles. The SMILES string of the molecule is NC1CCC(NC(=O)C2NCC3CCCC32)CC1. The van der Waals surface area contributed by atoms with Crippen LogP contribution in [0, 0.1) is 11.8 Å². The Morgan fingerprint density at radius 1 is 1.11 bits per heavy atom. The minimum absolute atomic E-state index is 0.0769. The van der Waals surface area contributed by atoms with Gasteiger partial charge in [0, 0.05) is 12.1 Å². The summed E-state index contributed by atoms with van der Waals surface area (Å²) in [5.74, 6) is 1.58. The van der Waals surface area contributed by atoms with Crippen LogP contribution in [0.1, 0.15) is 44.9 Å². The highest BCUT2D eigenvalue weighted by Crippen LogP contribution is 2.37. The van der Waals surface area contributed by atoms with Crippen molar-refractivity contribution in [3.63, 3.8) is 0 Å². The molecule has 4 N–H and O–H groups in total. The molecule has 4 nitrogen and oxygen atoms in total. The van der Waals surface area contributed by atoms with Crippen molar-refractivity contribution in [1.82, 2.24) is 10.6 Å². The Labute approximate surface area is 109 Å². The molecule has 1 heterocycles. The molecule has 0 spiro atoms. The normalized spacial score (nSPS) is 43.7. The summed E-state index contributed by atoms with van der Waals surface area (Å²) in [5.41, 5.74) is 5.89. The molecule has 18 heavy (non-hydrogen) atoms. The van der Waals surface area contributed by atoms with Crippen molar-refractivity contribution in [3.8, 4) is 0 Å². The third-order valence-electron chi connectivity index (χ3n) is 5.15. The first-order chi connectivity index (χ1) is 8.74. The predicted molar refractivity (Wildman–Crippen MR) is 71.0 cm³/mol. The van der Waals surface area contributed by atoms with E-state index in [4.69, 9.17) is 5.73 Å². The molecule has 2 saturated carbocycles. The molecule has 3 rings (SSSR count). The van der Waals surface area contributed by atoms with Crippen LogP contribution < -0.4 is 16.4 Å². The number of nitrogens with one attached hydrogen (secondary N) is 2. The van der Waals surface area contributed by atoms with Crippen molar-refractivity contribution in [1.29, 1.82) is 0 Å². The Hall–Kier alpha value is -0.610. The maximum Gasteiger partial charge on any atom is 0.237 e. The van der Waals surface area contributed by atoms with Gasteiger partial charge in [0.25, 0.3) is 0 Å². The van der Waals surface area contributed by atoms with E-state index >= 15 is 0 Å². The third kappa shape index (κ3) is 2.41. The molecule has 3 unspecified atom stereocenters. The Morgan fingerprint density at radius 3 is 2.67 bits per heavy atom. The first-order valence-electron chi connectivity index (χ1n) is 7.53. The Bertz CT molecular complexity index is 312. The summed E-state index contributed by atoms with van der Waals surface area (Å²) in [6.07, 6.45) is 8.04. The quantitative estimate of drug-likeness (QED) is 0.679. The lowest BCUT2D eigenvalue weighted by molar-refractivity contribution is -0.124. The molecule has 3 aliphatic rings. The monoisotopic (exact) mass is 251 g/mol. The van der Waals surface area contributed by atoms with Crippen molar-refractivity contribution in [2.24, 2.45) is 17.6 Å². The summed E-state index contributed by atoms with van der Waals surface area (Å²) in [7, 11) is 0. The Balaban J connectivity index is 1.52. The molecule has 0 radical (unpaired) electrons. The summed E-state index contributed by atoms with van der Waals surface area (Å²) in [5, 5.41) is 6.66. The van der Waals surface area contributed by atoms with Crippen LogP contribution in [0.15, 0.2) is 0 Å². The Morgan fingerprint density at radius 2 is 1.89 bits per heavy atom. The molecule has 102 valence electrons. The molecule has 3 fully saturated rings. The molecule has 0 bridgehead atoms. The van der Waals surface area contributed by atoms with Gasteiger partial charge >= 0.3 is 0 Å². The number of hydrogen-bond acceptors (Lipinski definition) is 3. The standard InChI is InChI=1S/C14H25N3O/c15-10-4-6-11(7-5-10)17-14(18)13-12-3-1-2-9(12)8-16-13/h9-13,16H,1-8,15H2,(H,17,18). The second kappa shape index (κ2) is 5.17. The molecule has 4 heteroatoms. The van der Waals surface area contributed by atoms with Crippen molar-refractivity contribution < 1.29 is 4.79 Å². The van der Waals surface area contributed by atoms with Crippen LogP contribution in [-0.2, 0) is 4.79 Å². The van der Waals surface area contributed by atoms with Crippen LogP contribution in [0.5, 0.6) is 0 Å². The summed E-state index contributed by atoms with van der Waals surface area (Å²) in [4.78, 5) is 12.3. The van der Waals surface area contributed by atoms with Gasteiger partial charge < -0.3 is 16.4 Å². The molecule has 0 aromatic rings. The zero-order chi connectivity index (χ0) is 12.5. The van der Waals surface area contributed by atoms with Gasteiger partial charge in [-0.25, -0.2) is 0 Å². The van der Waals surface area contributed by atoms with E-state index < -0.39 is 0 Å². The number of rotatable bonds is 2. The zero-order valence-corrected chi connectivity index (χ0v) is 11.0. The molecule has 2 aliphatic carbocycles. The van der Waals surface area contributed by atoms with E-state index in [2.05, 4.69) is 10.6 Å². The van der Waals surface area contributed by atoms with Gasteiger partial charge in [0.2, 0.25) is 5.91 Å². The lowest BCUT2D eigenvalue weighted by Crippen LogP contribution is -2.49. The van der Waals surface area contributed by atoms with Gasteiger partial charge in [-0.1, -0.05) is 6.42 Å². The molecular formula is C14H25N3O. The Kier molecular flexibility index (Phi) is 3.57. The van der Waals surface area contributed by atoms with Crippen molar-refractivity contribution in [2.45, 2.75) is 63.1 Å². The van der Waals surface area contributed by atoms with E-state index in [9.17, 15) is 4.79 Å². The second-order valence-corrected chi connectivity index (χ2v) is 6.36. The molecule has 0 aromatic carbocycles. The maximum absolute atomic E-state index is 12.3.